The van der Waals surface area contributed by atoms with E-state index < -0.39 is 6.10 Å². The van der Waals surface area contributed by atoms with E-state index in [9.17, 15) is 9.90 Å². The van der Waals surface area contributed by atoms with E-state index in [1.807, 2.05) is 24.3 Å². The van der Waals surface area contributed by atoms with E-state index >= 15 is 0 Å². The zero-order chi connectivity index (χ0) is 20.6. The summed E-state index contributed by atoms with van der Waals surface area (Å²) in [6.45, 7) is 2.55. The largest absolute Gasteiger partial charge is 0.482 e. The molecule has 1 unspecified atom stereocenters. The second-order valence-corrected chi connectivity index (χ2v) is 7.73. The van der Waals surface area contributed by atoms with Crippen LogP contribution in [0.15, 0.2) is 42.5 Å². The SMILES string of the molecule is CCOC(=O)COc1ccc2c(c1)CCCC(NC[C@H](O)c1cccc(Cl)c1)C2. The summed E-state index contributed by atoms with van der Waals surface area (Å²) in [5.74, 6) is 0.338. The number of benzene rings is 2. The van der Waals surface area contributed by atoms with Gasteiger partial charge in [-0.25, -0.2) is 4.79 Å². The number of halogens is 1. The molecule has 0 heterocycles. The van der Waals surface area contributed by atoms with Crippen LogP contribution in [0.5, 0.6) is 5.75 Å². The molecule has 1 aliphatic rings. The van der Waals surface area contributed by atoms with Crippen LogP contribution >= 0.6 is 11.6 Å². The fourth-order valence-corrected chi connectivity index (χ4v) is 3.86. The summed E-state index contributed by atoms with van der Waals surface area (Å²) in [5, 5.41) is 14.6. The minimum absolute atomic E-state index is 0.0712. The molecule has 0 saturated heterocycles. The number of hydrogen-bond acceptors (Lipinski definition) is 5. The number of aliphatic hydroxyl groups excluding tert-OH is 1. The summed E-state index contributed by atoms with van der Waals surface area (Å²) >= 11 is 6.02. The standard InChI is InChI=1S/C23H28ClNO4/c1-2-28-23(27)15-29-21-10-9-17-12-20(8-4-5-16(17)13-21)25-14-22(26)18-6-3-7-19(24)11-18/h3,6-7,9-11,13,20,22,25-26H,2,4-5,8,12,14-15H2,1H3/t20?,22-/m0/s1. The summed E-state index contributed by atoms with van der Waals surface area (Å²) in [4.78, 5) is 11.5. The number of carbonyl (C=O) groups is 1. The Kier molecular flexibility index (Phi) is 7.92. The molecule has 3 rings (SSSR count). The summed E-state index contributed by atoms with van der Waals surface area (Å²) in [6, 6.07) is 13.6. The van der Waals surface area contributed by atoms with Gasteiger partial charge in [-0.05, 0) is 73.6 Å². The van der Waals surface area contributed by atoms with Gasteiger partial charge in [0.15, 0.2) is 6.61 Å². The lowest BCUT2D eigenvalue weighted by Gasteiger charge is -2.20. The van der Waals surface area contributed by atoms with Gasteiger partial charge >= 0.3 is 5.97 Å². The molecule has 2 atom stereocenters. The molecule has 1 aliphatic carbocycles. The Bertz CT molecular complexity index is 826. The van der Waals surface area contributed by atoms with Gasteiger partial charge in [0.2, 0.25) is 0 Å². The monoisotopic (exact) mass is 417 g/mol. The first-order valence-electron chi connectivity index (χ1n) is 10.1. The minimum atomic E-state index is -0.588. The Labute approximate surface area is 177 Å². The first kappa shape index (κ1) is 21.6. The molecule has 2 aromatic carbocycles. The lowest BCUT2D eigenvalue weighted by molar-refractivity contribution is -0.145. The van der Waals surface area contributed by atoms with Gasteiger partial charge in [0.05, 0.1) is 12.7 Å². The summed E-state index contributed by atoms with van der Waals surface area (Å²) in [7, 11) is 0. The Morgan fingerprint density at radius 3 is 2.93 bits per heavy atom. The predicted octanol–water partition coefficient (Wildman–Crippen LogP) is 3.85. The number of esters is 1. The topological polar surface area (TPSA) is 67.8 Å². The minimum Gasteiger partial charge on any atom is -0.482 e. The molecule has 29 heavy (non-hydrogen) atoms. The van der Waals surface area contributed by atoms with Gasteiger partial charge in [-0.15, -0.1) is 0 Å². The van der Waals surface area contributed by atoms with E-state index in [0.29, 0.717) is 30.0 Å². The van der Waals surface area contributed by atoms with Crippen LogP contribution in [-0.2, 0) is 22.4 Å². The van der Waals surface area contributed by atoms with E-state index in [2.05, 4.69) is 11.4 Å². The van der Waals surface area contributed by atoms with Crippen molar-refractivity contribution in [3.05, 3.63) is 64.2 Å². The first-order valence-corrected chi connectivity index (χ1v) is 10.5. The van der Waals surface area contributed by atoms with Crippen molar-refractivity contribution in [2.45, 2.75) is 44.8 Å². The van der Waals surface area contributed by atoms with Crippen LogP contribution in [0.25, 0.3) is 0 Å². The molecule has 0 fully saturated rings. The van der Waals surface area contributed by atoms with E-state index in [1.54, 1.807) is 19.1 Å². The van der Waals surface area contributed by atoms with E-state index in [-0.39, 0.29) is 12.6 Å². The van der Waals surface area contributed by atoms with Crippen LogP contribution in [0.1, 0.15) is 42.6 Å². The average Bonchev–Trinajstić information content (AvgIpc) is 2.92. The van der Waals surface area contributed by atoms with E-state index in [4.69, 9.17) is 21.1 Å². The normalized spacial score (nSPS) is 17.1. The molecule has 0 amide bonds. The van der Waals surface area contributed by atoms with Crippen LogP contribution in [0.2, 0.25) is 5.02 Å². The maximum absolute atomic E-state index is 11.5. The van der Waals surface area contributed by atoms with Crippen molar-refractivity contribution in [1.29, 1.82) is 0 Å². The predicted molar refractivity (Wildman–Crippen MR) is 113 cm³/mol. The fourth-order valence-electron chi connectivity index (χ4n) is 3.66. The average molecular weight is 418 g/mol. The van der Waals surface area contributed by atoms with Crippen LogP contribution in [0.3, 0.4) is 0 Å². The van der Waals surface area contributed by atoms with Gasteiger partial charge in [0.1, 0.15) is 5.75 Å². The van der Waals surface area contributed by atoms with Crippen LogP contribution in [-0.4, -0.2) is 36.9 Å². The summed E-state index contributed by atoms with van der Waals surface area (Å²) < 4.78 is 10.5. The van der Waals surface area contributed by atoms with Gasteiger partial charge in [-0.3, -0.25) is 0 Å². The summed E-state index contributed by atoms with van der Waals surface area (Å²) in [5.41, 5.74) is 3.36. The zero-order valence-corrected chi connectivity index (χ0v) is 17.5. The molecular formula is C23H28ClNO4. The number of hydrogen-bond donors (Lipinski definition) is 2. The van der Waals surface area contributed by atoms with Gasteiger partial charge in [-0.2, -0.15) is 0 Å². The van der Waals surface area contributed by atoms with Crippen LogP contribution in [0, 0.1) is 0 Å². The van der Waals surface area contributed by atoms with Crippen molar-refractivity contribution in [2.75, 3.05) is 19.8 Å². The molecule has 156 valence electrons. The number of ether oxygens (including phenoxy) is 2. The first-order chi connectivity index (χ1) is 14.0. The van der Waals surface area contributed by atoms with Crippen molar-refractivity contribution < 1.29 is 19.4 Å². The molecule has 2 aromatic rings. The lowest BCUT2D eigenvalue weighted by Crippen LogP contribution is -2.34. The van der Waals surface area contributed by atoms with Crippen LogP contribution in [0.4, 0.5) is 0 Å². The Hall–Kier alpha value is -2.08. The number of fused-ring (bicyclic) bond motifs is 1. The molecule has 6 heteroatoms. The Balaban J connectivity index is 1.55. The third-order valence-electron chi connectivity index (χ3n) is 5.14. The highest BCUT2D eigenvalue weighted by Gasteiger charge is 2.19. The number of carbonyl (C=O) groups excluding carboxylic acids is 1. The number of nitrogens with one attached hydrogen (secondary N) is 1. The van der Waals surface area contributed by atoms with Crippen LogP contribution < -0.4 is 10.1 Å². The maximum Gasteiger partial charge on any atom is 0.344 e. The molecule has 0 radical (unpaired) electrons. The molecule has 0 spiro atoms. The Morgan fingerprint density at radius 1 is 1.28 bits per heavy atom. The van der Waals surface area contributed by atoms with Crippen molar-refractivity contribution in [1.82, 2.24) is 5.32 Å². The molecule has 5 nitrogen and oxygen atoms in total. The lowest BCUT2D eigenvalue weighted by atomic mass is 10.0. The molecular weight excluding hydrogens is 390 g/mol. The molecule has 0 aromatic heterocycles. The van der Waals surface area contributed by atoms with Crippen molar-refractivity contribution in [3.63, 3.8) is 0 Å². The van der Waals surface area contributed by atoms with E-state index in [0.717, 1.165) is 31.2 Å². The van der Waals surface area contributed by atoms with Gasteiger partial charge in [-0.1, -0.05) is 29.8 Å². The second-order valence-electron chi connectivity index (χ2n) is 7.30. The second kappa shape index (κ2) is 10.6. The van der Waals surface area contributed by atoms with E-state index in [1.165, 1.54) is 11.1 Å². The van der Waals surface area contributed by atoms with Crippen molar-refractivity contribution in [3.8, 4) is 5.75 Å². The molecule has 0 saturated carbocycles. The highest BCUT2D eigenvalue weighted by atomic mass is 35.5. The molecule has 0 aliphatic heterocycles. The maximum atomic E-state index is 11.5. The number of aliphatic hydroxyl groups is 1. The smallest absolute Gasteiger partial charge is 0.344 e. The fraction of sp³-hybridized carbons (Fsp3) is 0.435. The number of rotatable bonds is 8. The van der Waals surface area contributed by atoms with Gasteiger partial charge in [0, 0.05) is 17.6 Å². The van der Waals surface area contributed by atoms with Gasteiger partial charge in [0.25, 0.3) is 0 Å². The zero-order valence-electron chi connectivity index (χ0n) is 16.7. The molecule has 2 N–H and O–H groups in total. The highest BCUT2D eigenvalue weighted by Crippen LogP contribution is 2.26. The van der Waals surface area contributed by atoms with Gasteiger partial charge < -0.3 is 19.9 Å². The number of aryl methyl sites for hydroxylation is 1. The third-order valence-corrected chi connectivity index (χ3v) is 5.37. The van der Waals surface area contributed by atoms with Crippen molar-refractivity contribution >= 4 is 17.6 Å². The quantitative estimate of drug-likeness (QED) is 0.504. The Morgan fingerprint density at radius 2 is 2.14 bits per heavy atom. The highest BCUT2D eigenvalue weighted by molar-refractivity contribution is 6.30. The molecule has 0 bridgehead atoms. The summed E-state index contributed by atoms with van der Waals surface area (Å²) in [6.07, 6.45) is 3.38. The van der Waals surface area contributed by atoms with Crippen molar-refractivity contribution in [2.24, 2.45) is 0 Å². The third kappa shape index (κ3) is 6.46.